The third-order valence-corrected chi connectivity index (χ3v) is 4.48. The summed E-state index contributed by atoms with van der Waals surface area (Å²) in [7, 11) is 3.75. The van der Waals surface area contributed by atoms with Gasteiger partial charge in [0.1, 0.15) is 0 Å². The zero-order valence-corrected chi connectivity index (χ0v) is 15.6. The maximum Gasteiger partial charge on any atom is 0.242 e. The van der Waals surface area contributed by atoms with Crippen LogP contribution in [0.25, 0.3) is 0 Å². The quantitative estimate of drug-likeness (QED) is 0.602. The number of ether oxygens (including phenoxy) is 1. The highest BCUT2D eigenvalue weighted by Gasteiger charge is 2.20. The highest BCUT2D eigenvalue weighted by Crippen LogP contribution is 2.13. The number of nitrogens with zero attached hydrogens (tertiary/aromatic N) is 3. The van der Waals surface area contributed by atoms with Crippen LogP contribution in [0.4, 0.5) is 0 Å². The van der Waals surface area contributed by atoms with Crippen LogP contribution in [0.5, 0.6) is 0 Å². The van der Waals surface area contributed by atoms with Crippen LogP contribution in [0, 0.1) is 5.92 Å². The van der Waals surface area contributed by atoms with E-state index in [-0.39, 0.29) is 12.5 Å². The minimum absolute atomic E-state index is 0.0742. The maximum atomic E-state index is 12.5. The van der Waals surface area contributed by atoms with Gasteiger partial charge < -0.3 is 19.9 Å². The van der Waals surface area contributed by atoms with Gasteiger partial charge in [0.05, 0.1) is 13.2 Å². The molecule has 1 saturated heterocycles. The number of carbonyl (C=O) groups excluding carboxylic acids is 1. The molecule has 1 aliphatic heterocycles. The first kappa shape index (κ1) is 19.2. The summed E-state index contributed by atoms with van der Waals surface area (Å²) in [6, 6.07) is 10.1. The van der Waals surface area contributed by atoms with Crippen molar-refractivity contribution in [3.05, 3.63) is 35.9 Å². The lowest BCUT2D eigenvalue weighted by atomic mass is 10.1. The van der Waals surface area contributed by atoms with Crippen LogP contribution in [0.15, 0.2) is 35.3 Å². The van der Waals surface area contributed by atoms with Crippen molar-refractivity contribution >= 4 is 11.9 Å². The minimum Gasteiger partial charge on any atom is -0.381 e. The van der Waals surface area contributed by atoms with Gasteiger partial charge in [-0.05, 0) is 18.9 Å². The van der Waals surface area contributed by atoms with Crippen LogP contribution in [0.2, 0.25) is 0 Å². The number of benzene rings is 1. The van der Waals surface area contributed by atoms with Gasteiger partial charge in [0.2, 0.25) is 5.91 Å². The normalized spacial score (nSPS) is 17.4. The third-order valence-electron chi connectivity index (χ3n) is 4.48. The van der Waals surface area contributed by atoms with E-state index in [1.165, 1.54) is 0 Å². The second kappa shape index (κ2) is 10.0. The van der Waals surface area contributed by atoms with E-state index in [2.05, 4.69) is 15.2 Å². The average molecular weight is 346 g/mol. The van der Waals surface area contributed by atoms with Crippen molar-refractivity contribution in [3.8, 4) is 0 Å². The summed E-state index contributed by atoms with van der Waals surface area (Å²) in [4.78, 5) is 20.7. The van der Waals surface area contributed by atoms with E-state index >= 15 is 0 Å². The first-order chi connectivity index (χ1) is 12.1. The SMILES string of the molecule is CCN(Cc1ccccc1)C(=O)CNC(=NC)N(C)CC1CCOC1. The van der Waals surface area contributed by atoms with Crippen molar-refractivity contribution < 1.29 is 9.53 Å². The number of carbonyl (C=O) groups is 1. The molecule has 1 N–H and O–H groups in total. The van der Waals surface area contributed by atoms with Crippen LogP contribution < -0.4 is 5.32 Å². The van der Waals surface area contributed by atoms with Gasteiger partial charge in [-0.1, -0.05) is 30.3 Å². The van der Waals surface area contributed by atoms with Crippen LogP contribution >= 0.6 is 0 Å². The summed E-state index contributed by atoms with van der Waals surface area (Å²) in [6.45, 7) is 6.10. The zero-order chi connectivity index (χ0) is 18.1. The molecule has 0 radical (unpaired) electrons. The van der Waals surface area contributed by atoms with Gasteiger partial charge in [-0.25, -0.2) is 0 Å². The Morgan fingerprint density at radius 1 is 1.36 bits per heavy atom. The molecule has 1 unspecified atom stereocenters. The summed E-state index contributed by atoms with van der Waals surface area (Å²) >= 11 is 0. The monoisotopic (exact) mass is 346 g/mol. The molecule has 1 atom stereocenters. The number of nitrogens with one attached hydrogen (secondary N) is 1. The molecule has 1 aromatic carbocycles. The number of amides is 1. The smallest absolute Gasteiger partial charge is 0.242 e. The van der Waals surface area contributed by atoms with Crippen LogP contribution in [0.1, 0.15) is 18.9 Å². The Morgan fingerprint density at radius 2 is 2.12 bits per heavy atom. The number of hydrogen-bond acceptors (Lipinski definition) is 3. The van der Waals surface area contributed by atoms with E-state index in [4.69, 9.17) is 4.74 Å². The Bertz CT molecular complexity index is 556. The fourth-order valence-electron chi connectivity index (χ4n) is 3.03. The second-order valence-electron chi connectivity index (χ2n) is 6.40. The Labute approximate surface area is 150 Å². The lowest BCUT2D eigenvalue weighted by Gasteiger charge is -2.26. The molecule has 138 valence electrons. The number of likely N-dealkylation sites (N-methyl/N-ethyl adjacent to an activating group) is 1. The largest absolute Gasteiger partial charge is 0.381 e. The summed E-state index contributed by atoms with van der Waals surface area (Å²) in [5.41, 5.74) is 1.14. The van der Waals surface area contributed by atoms with E-state index in [9.17, 15) is 4.79 Å². The number of rotatable bonds is 7. The summed E-state index contributed by atoms with van der Waals surface area (Å²) in [6.07, 6.45) is 1.08. The summed E-state index contributed by atoms with van der Waals surface area (Å²) in [5, 5.41) is 3.19. The number of guanidine groups is 1. The topological polar surface area (TPSA) is 57.2 Å². The van der Waals surface area contributed by atoms with Gasteiger partial charge >= 0.3 is 0 Å². The molecule has 6 heteroatoms. The fourth-order valence-corrected chi connectivity index (χ4v) is 3.03. The van der Waals surface area contributed by atoms with E-state index in [1.807, 2.05) is 49.2 Å². The molecular formula is C19H30N4O2. The van der Waals surface area contributed by atoms with E-state index in [0.29, 0.717) is 19.0 Å². The second-order valence-corrected chi connectivity index (χ2v) is 6.40. The molecular weight excluding hydrogens is 316 g/mol. The molecule has 0 saturated carbocycles. The number of aliphatic imine (C=N–C) groups is 1. The van der Waals surface area contributed by atoms with Gasteiger partial charge in [-0.3, -0.25) is 9.79 Å². The van der Waals surface area contributed by atoms with Crippen LogP contribution in [0.3, 0.4) is 0 Å². The lowest BCUT2D eigenvalue weighted by Crippen LogP contribution is -2.46. The number of hydrogen-bond donors (Lipinski definition) is 1. The van der Waals surface area contributed by atoms with Crippen molar-refractivity contribution in [2.45, 2.75) is 19.9 Å². The van der Waals surface area contributed by atoms with Gasteiger partial charge in [0, 0.05) is 46.3 Å². The maximum absolute atomic E-state index is 12.5. The van der Waals surface area contributed by atoms with Crippen molar-refractivity contribution in [2.75, 3.05) is 46.9 Å². The predicted molar refractivity (Wildman–Crippen MR) is 100 cm³/mol. The van der Waals surface area contributed by atoms with Crippen molar-refractivity contribution in [2.24, 2.45) is 10.9 Å². The molecule has 1 heterocycles. The fraction of sp³-hybridized carbons (Fsp3) is 0.579. The molecule has 25 heavy (non-hydrogen) atoms. The molecule has 0 aromatic heterocycles. The predicted octanol–water partition coefficient (Wildman–Crippen LogP) is 1.58. The first-order valence-corrected chi connectivity index (χ1v) is 8.95. The molecule has 0 spiro atoms. The van der Waals surface area contributed by atoms with E-state index < -0.39 is 0 Å². The Kier molecular flexibility index (Phi) is 7.73. The molecule has 6 nitrogen and oxygen atoms in total. The Morgan fingerprint density at radius 3 is 2.72 bits per heavy atom. The Balaban J connectivity index is 1.83. The van der Waals surface area contributed by atoms with Gasteiger partial charge in [0.25, 0.3) is 0 Å². The summed E-state index contributed by atoms with van der Waals surface area (Å²) in [5.74, 6) is 1.35. The molecule has 2 rings (SSSR count). The van der Waals surface area contributed by atoms with Crippen molar-refractivity contribution in [1.29, 1.82) is 0 Å². The highest BCUT2D eigenvalue weighted by molar-refractivity contribution is 5.86. The van der Waals surface area contributed by atoms with Crippen molar-refractivity contribution in [3.63, 3.8) is 0 Å². The molecule has 0 aliphatic carbocycles. The van der Waals surface area contributed by atoms with E-state index in [1.54, 1.807) is 7.05 Å². The first-order valence-electron chi connectivity index (χ1n) is 8.95. The molecule has 1 amide bonds. The summed E-state index contributed by atoms with van der Waals surface area (Å²) < 4.78 is 5.42. The van der Waals surface area contributed by atoms with Crippen LogP contribution in [-0.4, -0.2) is 68.6 Å². The molecule has 1 aliphatic rings. The minimum atomic E-state index is 0.0742. The third kappa shape index (κ3) is 6.05. The van der Waals surface area contributed by atoms with Gasteiger partial charge in [-0.15, -0.1) is 0 Å². The Hall–Kier alpha value is -2.08. The van der Waals surface area contributed by atoms with Gasteiger partial charge in [-0.2, -0.15) is 0 Å². The standard InChI is InChI=1S/C19H30N4O2/c1-4-23(14-16-8-6-5-7-9-16)18(24)12-21-19(20-2)22(3)13-17-10-11-25-15-17/h5-9,17H,4,10-15H2,1-3H3,(H,20,21). The van der Waals surface area contributed by atoms with E-state index in [0.717, 1.165) is 37.7 Å². The molecule has 1 aromatic rings. The average Bonchev–Trinajstić information content (AvgIpc) is 3.13. The zero-order valence-electron chi connectivity index (χ0n) is 15.6. The van der Waals surface area contributed by atoms with Crippen LogP contribution in [-0.2, 0) is 16.1 Å². The highest BCUT2D eigenvalue weighted by atomic mass is 16.5. The molecule has 0 bridgehead atoms. The van der Waals surface area contributed by atoms with Crippen molar-refractivity contribution in [1.82, 2.24) is 15.1 Å². The molecule has 1 fully saturated rings. The lowest BCUT2D eigenvalue weighted by molar-refractivity contribution is -0.130. The van der Waals surface area contributed by atoms with Gasteiger partial charge in [0.15, 0.2) is 5.96 Å².